The van der Waals surface area contributed by atoms with E-state index in [-0.39, 0.29) is 24.4 Å². The van der Waals surface area contributed by atoms with E-state index in [9.17, 15) is 0 Å². The molecule has 0 saturated carbocycles. The fourth-order valence-corrected chi connectivity index (χ4v) is 2.28. The van der Waals surface area contributed by atoms with E-state index in [2.05, 4.69) is 91.0 Å². The number of hydrogen-bond acceptors (Lipinski definition) is 0. The largest absolute Gasteiger partial charge is 3.00 e. The Morgan fingerprint density at radius 3 is 1.33 bits per heavy atom. The Balaban J connectivity index is 0.00000161. The Morgan fingerprint density at radius 1 is 0.524 bits per heavy atom. The molecule has 0 N–H and O–H groups in total. The summed E-state index contributed by atoms with van der Waals surface area (Å²) in [5.41, 5.74) is 4.94. The van der Waals surface area contributed by atoms with Crippen LogP contribution in [0.2, 0.25) is 0 Å². The molecule has 0 unspecified atom stereocenters. The van der Waals surface area contributed by atoms with E-state index < -0.39 is 0 Å². The molecule has 3 rings (SSSR count). The van der Waals surface area contributed by atoms with Gasteiger partial charge in [-0.2, -0.15) is 0 Å². The van der Waals surface area contributed by atoms with Gasteiger partial charge in [-0.1, -0.05) is 91.0 Å². The Hall–Kier alpha value is -1.78. The van der Waals surface area contributed by atoms with Crippen molar-refractivity contribution in [2.75, 3.05) is 0 Å². The van der Waals surface area contributed by atoms with Crippen LogP contribution in [0, 0.1) is 0 Å². The zero-order valence-corrected chi connectivity index (χ0v) is 14.2. The molecular weight excluding hydrogens is 362 g/mol. The molecule has 2 radical (unpaired) electrons. The van der Waals surface area contributed by atoms with Crippen LogP contribution in [0.15, 0.2) is 91.0 Å². The molecule has 1 heteroatoms. The van der Waals surface area contributed by atoms with Crippen molar-refractivity contribution in [3.63, 3.8) is 0 Å². The molecule has 0 aliphatic heterocycles. The van der Waals surface area contributed by atoms with E-state index in [1.54, 1.807) is 0 Å². The van der Waals surface area contributed by atoms with Crippen molar-refractivity contribution >= 4 is 36.1 Å². The Kier molecular flexibility index (Phi) is 5.84. The minimum absolute atomic E-state index is 0. The molecule has 0 nitrogen and oxygen atoms in total. The maximum Gasteiger partial charge on any atom is 3.00 e. The monoisotopic (exact) mass is 377 g/mol. The number of rotatable bonds is 3. The molecular formula is C20H16Sb+3. The first kappa shape index (κ1) is 15.6. The molecule has 0 spiro atoms. The van der Waals surface area contributed by atoms with Crippen molar-refractivity contribution in [2.24, 2.45) is 0 Å². The summed E-state index contributed by atoms with van der Waals surface area (Å²) < 4.78 is 0. The van der Waals surface area contributed by atoms with Gasteiger partial charge in [0.1, 0.15) is 0 Å². The normalized spacial score (nSPS) is 9.52. The van der Waals surface area contributed by atoms with Crippen LogP contribution in [-0.4, -0.2) is 24.4 Å². The molecule has 0 aliphatic carbocycles. The summed E-state index contributed by atoms with van der Waals surface area (Å²) in [6.45, 7) is 0. The van der Waals surface area contributed by atoms with E-state index in [1.807, 2.05) is 6.07 Å². The van der Waals surface area contributed by atoms with Crippen LogP contribution >= 0.6 is 0 Å². The molecule has 0 aliphatic rings. The summed E-state index contributed by atoms with van der Waals surface area (Å²) in [5.74, 6) is 0. The molecule has 0 aromatic heterocycles. The molecule has 21 heavy (non-hydrogen) atoms. The second-order valence-corrected chi connectivity index (χ2v) is 4.70. The van der Waals surface area contributed by atoms with Gasteiger partial charge in [-0.3, -0.25) is 0 Å². The predicted octanol–water partition coefficient (Wildman–Crippen LogP) is 4.89. The van der Waals surface area contributed by atoms with Gasteiger partial charge in [0, 0.05) is 0 Å². The van der Waals surface area contributed by atoms with Crippen molar-refractivity contribution in [3.8, 4) is 0 Å². The van der Waals surface area contributed by atoms with E-state index in [0.29, 0.717) is 0 Å². The topological polar surface area (TPSA) is 0 Å². The van der Waals surface area contributed by atoms with Crippen LogP contribution in [0.25, 0.3) is 11.6 Å². The van der Waals surface area contributed by atoms with Crippen LogP contribution in [-0.2, 0) is 0 Å². The van der Waals surface area contributed by atoms with Crippen LogP contribution in [0.4, 0.5) is 0 Å². The van der Waals surface area contributed by atoms with Crippen molar-refractivity contribution in [3.05, 3.63) is 108 Å². The quantitative estimate of drug-likeness (QED) is 0.450. The molecule has 0 fully saturated rings. The minimum Gasteiger partial charge on any atom is -0.0622 e. The molecule has 98 valence electrons. The van der Waals surface area contributed by atoms with Gasteiger partial charge in [0.25, 0.3) is 0 Å². The van der Waals surface area contributed by atoms with Crippen molar-refractivity contribution in [1.29, 1.82) is 0 Å². The van der Waals surface area contributed by atoms with E-state index in [0.717, 1.165) is 0 Å². The second kappa shape index (κ2) is 7.86. The summed E-state index contributed by atoms with van der Waals surface area (Å²) >= 11 is 0. The second-order valence-electron chi connectivity index (χ2n) is 4.70. The molecule has 0 bridgehead atoms. The molecule has 3 aromatic carbocycles. The zero-order valence-electron chi connectivity index (χ0n) is 11.7. The van der Waals surface area contributed by atoms with Gasteiger partial charge in [-0.15, -0.1) is 0 Å². The maximum atomic E-state index is 2.24. The van der Waals surface area contributed by atoms with Crippen LogP contribution < -0.4 is 0 Å². The third kappa shape index (κ3) is 4.09. The Labute approximate surface area is 143 Å². The van der Waals surface area contributed by atoms with Gasteiger partial charge >= 0.3 is 24.4 Å². The van der Waals surface area contributed by atoms with Gasteiger partial charge in [-0.05, 0) is 28.3 Å². The maximum absolute atomic E-state index is 2.24. The Morgan fingerprint density at radius 2 is 0.905 bits per heavy atom. The smallest absolute Gasteiger partial charge is 0.0622 e. The standard InChI is InChI=1S/C20H16.Sb/c1-4-10-17(11-5-1)16-20(18-12-6-2-7-13-18)19-14-8-3-9-15-19;/h1-16H;/q;+3. The summed E-state index contributed by atoms with van der Waals surface area (Å²) in [4.78, 5) is 0. The SMILES string of the molecule is C(=C(c1ccccc1)c1ccccc1)c1ccccc1.[Sb+3]. The molecule has 3 aromatic rings. The fraction of sp³-hybridized carbons (Fsp3) is 0. The first-order valence-corrected chi connectivity index (χ1v) is 6.81. The number of benzene rings is 3. The molecule has 0 amide bonds. The van der Waals surface area contributed by atoms with Crippen LogP contribution in [0.1, 0.15) is 16.7 Å². The number of hydrogen-bond donors (Lipinski definition) is 0. The summed E-state index contributed by atoms with van der Waals surface area (Å²) in [6.07, 6.45) is 2.24. The fourth-order valence-electron chi connectivity index (χ4n) is 2.28. The van der Waals surface area contributed by atoms with Gasteiger partial charge < -0.3 is 0 Å². The third-order valence-corrected chi connectivity index (χ3v) is 3.28. The predicted molar refractivity (Wildman–Crippen MR) is 92.1 cm³/mol. The van der Waals surface area contributed by atoms with Gasteiger partial charge in [0.2, 0.25) is 0 Å². The first-order chi connectivity index (χ1) is 9.93. The average Bonchev–Trinajstić information content (AvgIpc) is 2.55. The van der Waals surface area contributed by atoms with E-state index >= 15 is 0 Å². The third-order valence-electron chi connectivity index (χ3n) is 3.28. The van der Waals surface area contributed by atoms with Crippen LogP contribution in [0.5, 0.6) is 0 Å². The molecule has 0 saturated heterocycles. The summed E-state index contributed by atoms with van der Waals surface area (Å²) in [7, 11) is 0. The summed E-state index contributed by atoms with van der Waals surface area (Å²) in [5, 5.41) is 0. The van der Waals surface area contributed by atoms with Crippen molar-refractivity contribution in [2.45, 2.75) is 0 Å². The van der Waals surface area contributed by atoms with Gasteiger partial charge in [0.15, 0.2) is 0 Å². The first-order valence-electron chi connectivity index (χ1n) is 6.81. The minimum atomic E-state index is 0. The molecule has 0 heterocycles. The van der Waals surface area contributed by atoms with E-state index in [4.69, 9.17) is 0 Å². The van der Waals surface area contributed by atoms with Gasteiger partial charge in [-0.25, -0.2) is 0 Å². The zero-order chi connectivity index (χ0) is 13.6. The van der Waals surface area contributed by atoms with Crippen molar-refractivity contribution in [1.82, 2.24) is 0 Å². The Bertz CT molecular complexity index is 644. The van der Waals surface area contributed by atoms with Crippen LogP contribution in [0.3, 0.4) is 0 Å². The van der Waals surface area contributed by atoms with Gasteiger partial charge in [0.05, 0.1) is 0 Å². The average molecular weight is 378 g/mol. The van der Waals surface area contributed by atoms with Crippen molar-refractivity contribution < 1.29 is 0 Å². The van der Waals surface area contributed by atoms with E-state index in [1.165, 1.54) is 22.3 Å². The molecule has 0 atom stereocenters. The summed E-state index contributed by atoms with van der Waals surface area (Å²) in [6, 6.07) is 31.5.